The van der Waals surface area contributed by atoms with Gasteiger partial charge in [-0.1, -0.05) is 19.1 Å². The van der Waals surface area contributed by atoms with Gasteiger partial charge in [-0.3, -0.25) is 0 Å². The fraction of sp³-hybridized carbons (Fsp3) is 0.600. The molecule has 2 N–H and O–H groups in total. The summed E-state index contributed by atoms with van der Waals surface area (Å²) in [6.45, 7) is 4.46. The van der Waals surface area contributed by atoms with Gasteiger partial charge in [0, 0.05) is 30.2 Å². The number of hydrogen-bond donors (Lipinski definition) is 1. The lowest BCUT2D eigenvalue weighted by Gasteiger charge is -2.15. The minimum absolute atomic E-state index is 0.0529. The molecule has 0 aliphatic heterocycles. The van der Waals surface area contributed by atoms with E-state index in [1.54, 1.807) is 19.1 Å². The molecule has 1 aromatic carbocycles. The lowest BCUT2D eigenvalue weighted by Crippen LogP contribution is -2.29. The van der Waals surface area contributed by atoms with Gasteiger partial charge in [-0.25, -0.2) is 12.8 Å². The van der Waals surface area contributed by atoms with Gasteiger partial charge in [0.05, 0.1) is 11.9 Å². The van der Waals surface area contributed by atoms with Crippen molar-refractivity contribution < 1.29 is 17.5 Å². The van der Waals surface area contributed by atoms with Gasteiger partial charge in [-0.05, 0) is 24.6 Å². The molecule has 0 aromatic heterocycles. The molecule has 3 atom stereocenters. The minimum atomic E-state index is -3.27. The van der Waals surface area contributed by atoms with Crippen LogP contribution in [0.15, 0.2) is 24.3 Å². The molecule has 0 spiro atoms. The number of ether oxygens (including phenoxy) is 1. The Labute approximate surface area is 125 Å². The lowest BCUT2D eigenvalue weighted by molar-refractivity contribution is 0.101. The molecule has 21 heavy (non-hydrogen) atoms. The molecule has 1 aliphatic carbocycles. The third-order valence-electron chi connectivity index (χ3n) is 4.33. The zero-order valence-electron chi connectivity index (χ0n) is 12.4. The van der Waals surface area contributed by atoms with Crippen LogP contribution in [0.25, 0.3) is 0 Å². The molecule has 0 radical (unpaired) electrons. The third-order valence-corrected chi connectivity index (χ3v) is 6.65. The molecule has 0 unspecified atom stereocenters. The van der Waals surface area contributed by atoms with E-state index >= 15 is 0 Å². The van der Waals surface area contributed by atoms with Crippen LogP contribution in [0.2, 0.25) is 0 Å². The molecule has 1 saturated carbocycles. The number of rotatable bonds is 7. The molecule has 6 heteroatoms. The van der Waals surface area contributed by atoms with E-state index < -0.39 is 20.5 Å². The highest BCUT2D eigenvalue weighted by Crippen LogP contribution is 2.62. The molecular formula is C15H22FNO3S. The number of benzene rings is 1. The van der Waals surface area contributed by atoms with Crippen molar-refractivity contribution in [2.45, 2.75) is 25.0 Å². The second kappa shape index (κ2) is 6.02. The first-order valence-electron chi connectivity index (χ1n) is 7.17. The summed E-state index contributed by atoms with van der Waals surface area (Å²) in [4.78, 5) is 0. The Bertz CT molecular complexity index is 605. The Morgan fingerprint density at radius 3 is 2.62 bits per heavy atom. The molecule has 1 aromatic rings. The van der Waals surface area contributed by atoms with Crippen molar-refractivity contribution in [3.63, 3.8) is 0 Å². The summed E-state index contributed by atoms with van der Waals surface area (Å²) < 4.78 is 43.6. The van der Waals surface area contributed by atoms with Gasteiger partial charge in [-0.2, -0.15) is 0 Å². The third kappa shape index (κ3) is 2.84. The first-order chi connectivity index (χ1) is 9.93. The summed E-state index contributed by atoms with van der Waals surface area (Å²) in [5.74, 6) is -0.610. The monoisotopic (exact) mass is 315 g/mol. The van der Waals surface area contributed by atoms with Gasteiger partial charge in [0.25, 0.3) is 0 Å². The standard InChI is InChI=1S/C15H22FNO3S/c1-3-20-10-15(9-17)13(14(15)21(18,19)4-2)11-6-5-7-12(16)8-11/h5-8,13-14H,3-4,9-10,17H2,1-2H3/t13-,14+,15-/m1/s1. The van der Waals surface area contributed by atoms with Crippen LogP contribution in [0.1, 0.15) is 25.3 Å². The maximum Gasteiger partial charge on any atom is 0.154 e. The van der Waals surface area contributed by atoms with Crippen LogP contribution in [0.4, 0.5) is 4.39 Å². The Balaban J connectivity index is 2.41. The summed E-state index contributed by atoms with van der Waals surface area (Å²) in [5.41, 5.74) is 5.92. The normalized spacial score (nSPS) is 28.6. The molecule has 1 fully saturated rings. The van der Waals surface area contributed by atoms with E-state index in [9.17, 15) is 12.8 Å². The molecule has 0 heterocycles. The van der Waals surface area contributed by atoms with Gasteiger partial charge < -0.3 is 10.5 Å². The van der Waals surface area contributed by atoms with Gasteiger partial charge in [0.2, 0.25) is 0 Å². The maximum absolute atomic E-state index is 13.5. The number of sulfone groups is 1. The Morgan fingerprint density at radius 2 is 2.10 bits per heavy atom. The fourth-order valence-electron chi connectivity index (χ4n) is 3.17. The zero-order valence-corrected chi connectivity index (χ0v) is 13.2. The van der Waals surface area contributed by atoms with Crippen LogP contribution in [0.5, 0.6) is 0 Å². The molecule has 1 aliphatic rings. The highest BCUT2D eigenvalue weighted by Gasteiger charge is 2.69. The highest BCUT2D eigenvalue weighted by molar-refractivity contribution is 7.92. The van der Waals surface area contributed by atoms with Crippen LogP contribution in [-0.4, -0.2) is 39.2 Å². The number of hydrogen-bond acceptors (Lipinski definition) is 4. The SMILES string of the molecule is CCOC[C@]1(CN)[C@H](c2cccc(F)c2)[C@@H]1S(=O)(=O)CC. The Hall–Kier alpha value is -0.980. The van der Waals surface area contributed by atoms with Gasteiger partial charge in [0.1, 0.15) is 5.82 Å². The molecule has 118 valence electrons. The molecular weight excluding hydrogens is 293 g/mol. The average Bonchev–Trinajstić information content (AvgIpc) is 3.15. The zero-order chi connectivity index (χ0) is 15.7. The number of halogens is 1. The van der Waals surface area contributed by atoms with E-state index in [2.05, 4.69) is 0 Å². The van der Waals surface area contributed by atoms with Crippen LogP contribution in [-0.2, 0) is 14.6 Å². The van der Waals surface area contributed by atoms with E-state index in [1.807, 2.05) is 6.92 Å². The first kappa shape index (κ1) is 16.4. The maximum atomic E-state index is 13.5. The van der Waals surface area contributed by atoms with Crippen molar-refractivity contribution >= 4 is 9.84 Å². The van der Waals surface area contributed by atoms with Crippen molar-refractivity contribution in [1.82, 2.24) is 0 Å². The van der Waals surface area contributed by atoms with Gasteiger partial charge >= 0.3 is 0 Å². The Kier molecular flexibility index (Phi) is 4.70. The topological polar surface area (TPSA) is 69.4 Å². The van der Waals surface area contributed by atoms with E-state index in [1.165, 1.54) is 12.1 Å². The molecule has 2 rings (SSSR count). The van der Waals surface area contributed by atoms with Crippen LogP contribution >= 0.6 is 0 Å². The molecule has 4 nitrogen and oxygen atoms in total. The highest BCUT2D eigenvalue weighted by atomic mass is 32.2. The summed E-state index contributed by atoms with van der Waals surface area (Å²) in [6.07, 6.45) is 0. The molecule has 0 saturated heterocycles. The fourth-order valence-corrected chi connectivity index (χ4v) is 5.32. The van der Waals surface area contributed by atoms with Crippen LogP contribution in [0.3, 0.4) is 0 Å². The second-order valence-electron chi connectivity index (χ2n) is 5.48. The summed E-state index contributed by atoms with van der Waals surface area (Å²) >= 11 is 0. The van der Waals surface area contributed by atoms with Crippen molar-refractivity contribution in [2.24, 2.45) is 11.1 Å². The van der Waals surface area contributed by atoms with E-state index in [4.69, 9.17) is 10.5 Å². The van der Waals surface area contributed by atoms with E-state index in [0.717, 1.165) is 0 Å². The summed E-state index contributed by atoms with van der Waals surface area (Å²) in [5, 5.41) is -0.589. The predicted molar refractivity (Wildman–Crippen MR) is 80.4 cm³/mol. The van der Waals surface area contributed by atoms with E-state index in [0.29, 0.717) is 12.2 Å². The van der Waals surface area contributed by atoms with Crippen LogP contribution < -0.4 is 5.73 Å². The molecule has 0 amide bonds. The van der Waals surface area contributed by atoms with Crippen molar-refractivity contribution in [3.8, 4) is 0 Å². The second-order valence-corrected chi connectivity index (χ2v) is 7.89. The average molecular weight is 315 g/mol. The predicted octanol–water partition coefficient (Wildman–Crippen LogP) is 1.71. The smallest absolute Gasteiger partial charge is 0.154 e. The summed E-state index contributed by atoms with van der Waals surface area (Å²) in [7, 11) is -3.27. The lowest BCUT2D eigenvalue weighted by atomic mass is 10.00. The van der Waals surface area contributed by atoms with Crippen LogP contribution in [0, 0.1) is 11.2 Å². The van der Waals surface area contributed by atoms with Gasteiger partial charge in [-0.15, -0.1) is 0 Å². The quantitative estimate of drug-likeness (QED) is 0.831. The Morgan fingerprint density at radius 1 is 1.38 bits per heavy atom. The largest absolute Gasteiger partial charge is 0.381 e. The molecule has 0 bridgehead atoms. The van der Waals surface area contributed by atoms with Crippen molar-refractivity contribution in [3.05, 3.63) is 35.6 Å². The van der Waals surface area contributed by atoms with Crippen molar-refractivity contribution in [1.29, 1.82) is 0 Å². The van der Waals surface area contributed by atoms with Gasteiger partial charge in [0.15, 0.2) is 9.84 Å². The number of nitrogens with two attached hydrogens (primary N) is 1. The van der Waals surface area contributed by atoms with E-state index in [-0.39, 0.29) is 30.6 Å². The first-order valence-corrected chi connectivity index (χ1v) is 8.89. The summed E-state index contributed by atoms with van der Waals surface area (Å²) in [6, 6.07) is 6.10. The van der Waals surface area contributed by atoms with Crippen molar-refractivity contribution in [2.75, 3.05) is 25.5 Å². The minimum Gasteiger partial charge on any atom is -0.381 e.